The number of allylic oxidation sites excluding steroid dienone is 2. The summed E-state index contributed by atoms with van der Waals surface area (Å²) >= 11 is 0. The maximum absolute atomic E-state index is 10.9. The molecule has 0 aliphatic heterocycles. The molecule has 0 aromatic heterocycles. The Morgan fingerprint density at radius 1 is 1.33 bits per heavy atom. The third kappa shape index (κ3) is 2.10. The van der Waals surface area contributed by atoms with Crippen molar-refractivity contribution in [2.45, 2.75) is 39.0 Å². The van der Waals surface area contributed by atoms with Crippen LogP contribution in [0, 0.1) is 5.41 Å². The van der Waals surface area contributed by atoms with E-state index in [-0.39, 0.29) is 0 Å². The summed E-state index contributed by atoms with van der Waals surface area (Å²) in [5.41, 5.74) is -0.481. The second-order valence-corrected chi connectivity index (χ2v) is 3.77. The van der Waals surface area contributed by atoms with Crippen molar-refractivity contribution in [1.29, 1.82) is 0 Å². The molecule has 1 aliphatic carbocycles. The quantitative estimate of drug-likeness (QED) is 0.611. The van der Waals surface area contributed by atoms with Crippen LogP contribution in [0.25, 0.3) is 0 Å². The van der Waals surface area contributed by atoms with E-state index in [0.717, 1.165) is 32.1 Å². The number of aliphatic carboxylic acids is 1. The first kappa shape index (κ1) is 9.30. The van der Waals surface area contributed by atoms with Crippen LogP contribution in [0.1, 0.15) is 39.0 Å². The Balaban J connectivity index is 2.63. The van der Waals surface area contributed by atoms with Crippen LogP contribution in [0.15, 0.2) is 12.2 Å². The second-order valence-electron chi connectivity index (χ2n) is 3.77. The van der Waals surface area contributed by atoms with Gasteiger partial charge >= 0.3 is 5.97 Å². The number of carboxylic acid groups (broad SMARTS) is 1. The Labute approximate surface area is 73.3 Å². The molecule has 0 bridgehead atoms. The van der Waals surface area contributed by atoms with Crippen LogP contribution in [0.3, 0.4) is 0 Å². The SMILES string of the molecule is CC1(C(=O)O)CC/C=C\CCC1. The second kappa shape index (κ2) is 3.74. The average Bonchev–Trinajstić information content (AvgIpc) is 1.97. The lowest BCUT2D eigenvalue weighted by atomic mass is 9.79. The van der Waals surface area contributed by atoms with E-state index in [1.165, 1.54) is 0 Å². The molecule has 0 amide bonds. The van der Waals surface area contributed by atoms with Crippen LogP contribution < -0.4 is 0 Å². The maximum atomic E-state index is 10.9. The highest BCUT2D eigenvalue weighted by Gasteiger charge is 2.31. The van der Waals surface area contributed by atoms with Gasteiger partial charge in [-0.2, -0.15) is 0 Å². The highest BCUT2D eigenvalue weighted by atomic mass is 16.4. The normalized spacial score (nSPS) is 33.4. The molecule has 0 saturated carbocycles. The fourth-order valence-electron chi connectivity index (χ4n) is 1.59. The molecule has 1 unspecified atom stereocenters. The van der Waals surface area contributed by atoms with Crippen molar-refractivity contribution < 1.29 is 9.90 Å². The van der Waals surface area contributed by atoms with Crippen molar-refractivity contribution in [3.05, 3.63) is 12.2 Å². The fraction of sp³-hybridized carbons (Fsp3) is 0.700. The number of hydrogen-bond donors (Lipinski definition) is 1. The Bertz CT molecular complexity index is 196. The topological polar surface area (TPSA) is 37.3 Å². The van der Waals surface area contributed by atoms with E-state index in [1.807, 2.05) is 6.92 Å². The van der Waals surface area contributed by atoms with Crippen LogP contribution in [0.4, 0.5) is 0 Å². The van der Waals surface area contributed by atoms with Crippen molar-refractivity contribution in [2.24, 2.45) is 5.41 Å². The minimum atomic E-state index is -0.641. The van der Waals surface area contributed by atoms with Crippen molar-refractivity contribution >= 4 is 5.97 Å². The maximum Gasteiger partial charge on any atom is 0.309 e. The van der Waals surface area contributed by atoms with E-state index < -0.39 is 11.4 Å². The summed E-state index contributed by atoms with van der Waals surface area (Å²) in [5, 5.41) is 8.99. The van der Waals surface area contributed by atoms with E-state index in [1.54, 1.807) is 0 Å². The third-order valence-electron chi connectivity index (χ3n) is 2.65. The highest BCUT2D eigenvalue weighted by molar-refractivity contribution is 5.74. The summed E-state index contributed by atoms with van der Waals surface area (Å²) in [6.07, 6.45) is 8.78. The van der Waals surface area contributed by atoms with Gasteiger partial charge in [0, 0.05) is 0 Å². The van der Waals surface area contributed by atoms with E-state index in [0.29, 0.717) is 0 Å². The van der Waals surface area contributed by atoms with E-state index in [2.05, 4.69) is 12.2 Å². The zero-order valence-electron chi connectivity index (χ0n) is 7.55. The molecule has 0 heterocycles. The summed E-state index contributed by atoms with van der Waals surface area (Å²) in [5.74, 6) is -0.641. The van der Waals surface area contributed by atoms with E-state index in [9.17, 15) is 4.79 Å². The van der Waals surface area contributed by atoms with Crippen molar-refractivity contribution in [3.63, 3.8) is 0 Å². The fourth-order valence-corrected chi connectivity index (χ4v) is 1.59. The molecule has 12 heavy (non-hydrogen) atoms. The van der Waals surface area contributed by atoms with Gasteiger partial charge in [-0.05, 0) is 39.0 Å². The lowest BCUT2D eigenvalue weighted by molar-refractivity contribution is -0.148. The molecule has 1 rings (SSSR count). The molecule has 1 aliphatic rings. The van der Waals surface area contributed by atoms with Crippen LogP contribution in [0.2, 0.25) is 0 Å². The van der Waals surface area contributed by atoms with Gasteiger partial charge < -0.3 is 5.11 Å². The molecule has 0 radical (unpaired) electrons. The molecule has 0 spiro atoms. The standard InChI is InChI=1S/C10H16O2/c1-10(9(11)12)7-5-3-2-4-6-8-10/h2-3H,4-8H2,1H3,(H,11,12)/b3-2-. The zero-order valence-corrected chi connectivity index (χ0v) is 7.55. The van der Waals surface area contributed by atoms with Gasteiger partial charge in [0.2, 0.25) is 0 Å². The molecule has 1 N–H and O–H groups in total. The minimum absolute atomic E-state index is 0.481. The summed E-state index contributed by atoms with van der Waals surface area (Å²) in [6, 6.07) is 0. The van der Waals surface area contributed by atoms with Crippen LogP contribution >= 0.6 is 0 Å². The molecule has 0 aromatic carbocycles. The lowest BCUT2D eigenvalue weighted by Crippen LogP contribution is -2.27. The summed E-state index contributed by atoms with van der Waals surface area (Å²) in [4.78, 5) is 10.9. The van der Waals surface area contributed by atoms with Gasteiger partial charge in [-0.25, -0.2) is 0 Å². The largest absolute Gasteiger partial charge is 0.481 e. The van der Waals surface area contributed by atoms with Crippen molar-refractivity contribution in [1.82, 2.24) is 0 Å². The number of rotatable bonds is 1. The molecule has 1 atom stereocenters. The average molecular weight is 168 g/mol. The summed E-state index contributed by atoms with van der Waals surface area (Å²) < 4.78 is 0. The summed E-state index contributed by atoms with van der Waals surface area (Å²) in [7, 11) is 0. The Kier molecular flexibility index (Phi) is 2.90. The molecular weight excluding hydrogens is 152 g/mol. The van der Waals surface area contributed by atoms with Crippen LogP contribution in [-0.4, -0.2) is 11.1 Å². The molecule has 0 saturated heterocycles. The molecule has 68 valence electrons. The van der Waals surface area contributed by atoms with Gasteiger partial charge in [0.05, 0.1) is 5.41 Å². The first-order valence-corrected chi connectivity index (χ1v) is 4.53. The van der Waals surface area contributed by atoms with Crippen molar-refractivity contribution in [2.75, 3.05) is 0 Å². The van der Waals surface area contributed by atoms with Crippen LogP contribution in [0.5, 0.6) is 0 Å². The molecule has 0 aromatic rings. The van der Waals surface area contributed by atoms with Gasteiger partial charge in [-0.1, -0.05) is 12.2 Å². The number of carboxylic acids is 1. The Morgan fingerprint density at radius 2 is 2.00 bits per heavy atom. The Hall–Kier alpha value is -0.790. The summed E-state index contributed by atoms with van der Waals surface area (Å²) in [6.45, 7) is 1.86. The molecular formula is C10H16O2. The van der Waals surface area contributed by atoms with Gasteiger partial charge in [-0.3, -0.25) is 4.79 Å². The van der Waals surface area contributed by atoms with E-state index in [4.69, 9.17) is 5.11 Å². The smallest absolute Gasteiger partial charge is 0.309 e. The lowest BCUT2D eigenvalue weighted by Gasteiger charge is -2.24. The van der Waals surface area contributed by atoms with Gasteiger partial charge in [0.25, 0.3) is 0 Å². The number of hydrogen-bond acceptors (Lipinski definition) is 1. The third-order valence-corrected chi connectivity index (χ3v) is 2.65. The highest BCUT2D eigenvalue weighted by Crippen LogP contribution is 2.31. The number of carbonyl (C=O) groups is 1. The monoisotopic (exact) mass is 168 g/mol. The molecule has 2 heteroatoms. The minimum Gasteiger partial charge on any atom is -0.481 e. The molecule has 0 fully saturated rings. The predicted molar refractivity (Wildman–Crippen MR) is 48.0 cm³/mol. The van der Waals surface area contributed by atoms with Gasteiger partial charge in [0.15, 0.2) is 0 Å². The van der Waals surface area contributed by atoms with E-state index >= 15 is 0 Å². The van der Waals surface area contributed by atoms with Crippen LogP contribution in [-0.2, 0) is 4.79 Å². The van der Waals surface area contributed by atoms with Gasteiger partial charge in [0.1, 0.15) is 0 Å². The molecule has 2 nitrogen and oxygen atoms in total. The van der Waals surface area contributed by atoms with Crippen molar-refractivity contribution in [3.8, 4) is 0 Å². The van der Waals surface area contributed by atoms with Gasteiger partial charge in [-0.15, -0.1) is 0 Å². The zero-order chi connectivity index (χ0) is 9.03. The first-order valence-electron chi connectivity index (χ1n) is 4.53. The predicted octanol–water partition coefficient (Wildman–Crippen LogP) is 2.60. The Morgan fingerprint density at radius 3 is 2.67 bits per heavy atom. The first-order chi connectivity index (χ1) is 5.65.